The van der Waals surface area contributed by atoms with Crippen LogP contribution >= 0.6 is 0 Å². The second kappa shape index (κ2) is 6.30. The van der Waals surface area contributed by atoms with Crippen molar-refractivity contribution in [1.82, 2.24) is 30.6 Å². The van der Waals surface area contributed by atoms with E-state index >= 15 is 0 Å². The van der Waals surface area contributed by atoms with E-state index in [1.165, 1.54) is 6.42 Å². The van der Waals surface area contributed by atoms with Gasteiger partial charge >= 0.3 is 0 Å². The van der Waals surface area contributed by atoms with Crippen molar-refractivity contribution in [2.45, 2.75) is 25.9 Å². The fourth-order valence-corrected chi connectivity index (χ4v) is 3.30. The van der Waals surface area contributed by atoms with E-state index in [0.29, 0.717) is 6.04 Å². The standard InChI is InChI=1S/C18H22N6/c1-12-16-9-13(3-5-18(16)23-20-12)17-6-4-14(21-22-17)11-24(2)15-7-8-19-10-15/h3-6,9,15,19H,7-8,10-11H2,1-2H3,(H,20,23). The lowest BCUT2D eigenvalue weighted by molar-refractivity contribution is 0.245. The lowest BCUT2D eigenvalue weighted by atomic mass is 10.1. The average Bonchev–Trinajstić information content (AvgIpc) is 3.26. The van der Waals surface area contributed by atoms with E-state index in [1.807, 2.05) is 19.1 Å². The number of H-pyrrole nitrogens is 1. The molecular weight excluding hydrogens is 300 g/mol. The fourth-order valence-electron chi connectivity index (χ4n) is 3.30. The molecule has 6 heteroatoms. The summed E-state index contributed by atoms with van der Waals surface area (Å²) in [5.74, 6) is 0. The van der Waals surface area contributed by atoms with Crippen molar-refractivity contribution in [1.29, 1.82) is 0 Å². The molecule has 3 aromatic rings. The van der Waals surface area contributed by atoms with Crippen LogP contribution in [0.2, 0.25) is 0 Å². The Balaban J connectivity index is 1.52. The van der Waals surface area contributed by atoms with Gasteiger partial charge in [0.05, 0.1) is 16.9 Å². The van der Waals surface area contributed by atoms with Gasteiger partial charge in [0.25, 0.3) is 0 Å². The summed E-state index contributed by atoms with van der Waals surface area (Å²) < 4.78 is 0. The highest BCUT2D eigenvalue weighted by Crippen LogP contribution is 2.23. The summed E-state index contributed by atoms with van der Waals surface area (Å²) in [4.78, 5) is 2.35. The van der Waals surface area contributed by atoms with Crippen LogP contribution in [0.15, 0.2) is 30.3 Å². The van der Waals surface area contributed by atoms with Crippen LogP contribution < -0.4 is 5.32 Å². The lowest BCUT2D eigenvalue weighted by Gasteiger charge is -2.22. The van der Waals surface area contributed by atoms with Crippen molar-refractivity contribution < 1.29 is 0 Å². The highest BCUT2D eigenvalue weighted by Gasteiger charge is 2.19. The first-order valence-corrected chi connectivity index (χ1v) is 8.39. The van der Waals surface area contributed by atoms with Crippen LogP contribution in [0.25, 0.3) is 22.2 Å². The Morgan fingerprint density at radius 3 is 2.88 bits per heavy atom. The predicted molar refractivity (Wildman–Crippen MR) is 94.6 cm³/mol. The second-order valence-electron chi connectivity index (χ2n) is 6.55. The Hall–Kier alpha value is -2.31. The molecule has 0 bridgehead atoms. The van der Waals surface area contributed by atoms with E-state index in [4.69, 9.17) is 0 Å². The fraction of sp³-hybridized carbons (Fsp3) is 0.389. The van der Waals surface area contributed by atoms with Crippen molar-refractivity contribution in [2.24, 2.45) is 0 Å². The molecule has 1 aromatic carbocycles. The normalized spacial score (nSPS) is 17.9. The van der Waals surface area contributed by atoms with Gasteiger partial charge in [-0.25, -0.2) is 0 Å². The van der Waals surface area contributed by atoms with Gasteiger partial charge in [-0.3, -0.25) is 10.00 Å². The van der Waals surface area contributed by atoms with E-state index in [1.54, 1.807) is 0 Å². The number of nitrogens with one attached hydrogen (secondary N) is 2. The Morgan fingerprint density at radius 1 is 1.21 bits per heavy atom. The van der Waals surface area contributed by atoms with Gasteiger partial charge in [-0.05, 0) is 51.2 Å². The van der Waals surface area contributed by atoms with Gasteiger partial charge in [0.2, 0.25) is 0 Å². The third-order valence-electron chi connectivity index (χ3n) is 4.83. The van der Waals surface area contributed by atoms with Crippen molar-refractivity contribution in [3.63, 3.8) is 0 Å². The minimum Gasteiger partial charge on any atom is -0.315 e. The summed E-state index contributed by atoms with van der Waals surface area (Å²) >= 11 is 0. The molecule has 124 valence electrons. The number of aromatic nitrogens is 4. The third kappa shape index (κ3) is 2.90. The SMILES string of the molecule is Cc1[nH]nc2ccc(-c3ccc(CN(C)C4CCNC4)nn3)cc12. The van der Waals surface area contributed by atoms with Gasteiger partial charge < -0.3 is 5.32 Å². The maximum atomic E-state index is 4.43. The maximum Gasteiger partial charge on any atom is 0.0930 e. The van der Waals surface area contributed by atoms with Crippen molar-refractivity contribution in [3.05, 3.63) is 41.7 Å². The van der Waals surface area contributed by atoms with Crippen LogP contribution in [-0.2, 0) is 6.54 Å². The van der Waals surface area contributed by atoms with Crippen LogP contribution in [0.5, 0.6) is 0 Å². The number of likely N-dealkylation sites (N-methyl/N-ethyl adjacent to an activating group) is 1. The molecule has 0 aliphatic carbocycles. The Morgan fingerprint density at radius 2 is 2.12 bits per heavy atom. The summed E-state index contributed by atoms with van der Waals surface area (Å²) in [6.45, 7) is 5.03. The summed E-state index contributed by atoms with van der Waals surface area (Å²) in [6.07, 6.45) is 1.20. The molecule has 0 amide bonds. The van der Waals surface area contributed by atoms with Gasteiger partial charge in [-0.2, -0.15) is 15.3 Å². The van der Waals surface area contributed by atoms with Crippen LogP contribution in [0.4, 0.5) is 0 Å². The molecule has 24 heavy (non-hydrogen) atoms. The number of benzene rings is 1. The molecule has 3 heterocycles. The monoisotopic (exact) mass is 322 g/mol. The molecular formula is C18H22N6. The van der Waals surface area contributed by atoms with Crippen LogP contribution in [0.3, 0.4) is 0 Å². The number of hydrogen-bond acceptors (Lipinski definition) is 5. The number of aryl methyl sites for hydroxylation is 1. The summed E-state index contributed by atoms with van der Waals surface area (Å²) in [5.41, 5.74) is 5.02. The maximum absolute atomic E-state index is 4.43. The van der Waals surface area contributed by atoms with Crippen molar-refractivity contribution >= 4 is 10.9 Å². The van der Waals surface area contributed by atoms with E-state index in [2.05, 4.69) is 55.9 Å². The van der Waals surface area contributed by atoms with E-state index in [0.717, 1.165) is 53.2 Å². The zero-order valence-electron chi connectivity index (χ0n) is 14.1. The van der Waals surface area contributed by atoms with E-state index in [-0.39, 0.29) is 0 Å². The molecule has 1 atom stereocenters. The third-order valence-corrected chi connectivity index (χ3v) is 4.83. The first-order chi connectivity index (χ1) is 11.7. The Labute approximate surface area is 141 Å². The Kier molecular flexibility index (Phi) is 4.00. The molecule has 1 aliphatic heterocycles. The zero-order chi connectivity index (χ0) is 16.5. The average molecular weight is 322 g/mol. The molecule has 1 aliphatic rings. The highest BCUT2D eigenvalue weighted by atomic mass is 15.2. The molecule has 1 saturated heterocycles. The molecule has 0 spiro atoms. The number of rotatable bonds is 4. The summed E-state index contributed by atoms with van der Waals surface area (Å²) in [7, 11) is 2.16. The molecule has 0 saturated carbocycles. The first kappa shape index (κ1) is 15.2. The highest BCUT2D eigenvalue weighted by molar-refractivity contribution is 5.85. The molecule has 2 N–H and O–H groups in total. The number of hydrogen-bond donors (Lipinski definition) is 2. The molecule has 6 nitrogen and oxygen atoms in total. The number of nitrogens with zero attached hydrogens (tertiary/aromatic N) is 4. The van der Waals surface area contributed by atoms with Gasteiger partial charge in [-0.15, -0.1) is 0 Å². The minimum absolute atomic E-state index is 0.595. The largest absolute Gasteiger partial charge is 0.315 e. The summed E-state index contributed by atoms with van der Waals surface area (Å²) in [6, 6.07) is 10.9. The Bertz CT molecular complexity index is 832. The summed E-state index contributed by atoms with van der Waals surface area (Å²) in [5, 5.41) is 20.7. The van der Waals surface area contributed by atoms with Gasteiger partial charge in [0.1, 0.15) is 0 Å². The van der Waals surface area contributed by atoms with Crippen LogP contribution in [-0.4, -0.2) is 51.5 Å². The van der Waals surface area contributed by atoms with Crippen molar-refractivity contribution in [2.75, 3.05) is 20.1 Å². The number of aromatic amines is 1. The van der Waals surface area contributed by atoms with Gasteiger partial charge in [0.15, 0.2) is 0 Å². The second-order valence-corrected chi connectivity index (χ2v) is 6.55. The molecule has 2 aromatic heterocycles. The molecule has 1 unspecified atom stereocenters. The topological polar surface area (TPSA) is 69.7 Å². The lowest BCUT2D eigenvalue weighted by Crippen LogP contribution is -2.33. The zero-order valence-corrected chi connectivity index (χ0v) is 14.1. The van der Waals surface area contributed by atoms with E-state index in [9.17, 15) is 0 Å². The molecule has 0 radical (unpaired) electrons. The van der Waals surface area contributed by atoms with Crippen LogP contribution in [0.1, 0.15) is 17.8 Å². The molecule has 4 rings (SSSR count). The first-order valence-electron chi connectivity index (χ1n) is 8.39. The number of fused-ring (bicyclic) bond motifs is 1. The van der Waals surface area contributed by atoms with Gasteiger partial charge in [-0.1, -0.05) is 6.07 Å². The quantitative estimate of drug-likeness (QED) is 0.770. The smallest absolute Gasteiger partial charge is 0.0930 e. The molecule has 1 fully saturated rings. The van der Waals surface area contributed by atoms with Gasteiger partial charge in [0, 0.05) is 35.8 Å². The minimum atomic E-state index is 0.595. The van der Waals surface area contributed by atoms with Crippen molar-refractivity contribution in [3.8, 4) is 11.3 Å². The van der Waals surface area contributed by atoms with E-state index < -0.39 is 0 Å². The van der Waals surface area contributed by atoms with Crippen LogP contribution in [0, 0.1) is 6.92 Å². The predicted octanol–water partition coefficient (Wildman–Crippen LogP) is 2.12.